The zero-order chi connectivity index (χ0) is 17.4. The molecule has 0 aromatic heterocycles. The van der Waals surface area contributed by atoms with Crippen LogP contribution < -0.4 is 0 Å². The number of nitrogens with zero attached hydrogens (tertiary/aromatic N) is 1. The number of amides is 1. The first-order chi connectivity index (χ1) is 11.4. The maximum Gasteiger partial charge on any atom is 0.265 e. The minimum absolute atomic E-state index is 0.0343. The van der Waals surface area contributed by atoms with Gasteiger partial charge in [-0.3, -0.25) is 8.98 Å². The van der Waals surface area contributed by atoms with Crippen molar-refractivity contribution in [2.75, 3.05) is 26.8 Å². The maximum atomic E-state index is 13.1. The predicted molar refractivity (Wildman–Crippen MR) is 86.7 cm³/mol. The van der Waals surface area contributed by atoms with E-state index in [4.69, 9.17) is 13.7 Å². The highest BCUT2D eigenvalue weighted by molar-refractivity contribution is 7.86. The molecule has 1 aliphatic carbocycles. The van der Waals surface area contributed by atoms with Crippen LogP contribution in [0.3, 0.4) is 0 Å². The second kappa shape index (κ2) is 6.90. The quantitative estimate of drug-likeness (QED) is 0.403. The molecule has 3 aliphatic rings. The van der Waals surface area contributed by atoms with E-state index < -0.39 is 16.2 Å². The highest BCUT2D eigenvalue weighted by Crippen LogP contribution is 2.52. The summed E-state index contributed by atoms with van der Waals surface area (Å²) in [7, 11) is -2.10. The molecule has 2 aliphatic heterocycles. The highest BCUT2D eigenvalue weighted by atomic mass is 32.2. The molecule has 0 aromatic carbocycles. The van der Waals surface area contributed by atoms with Crippen molar-refractivity contribution in [3.63, 3.8) is 0 Å². The number of methoxy groups -OCH3 is 1. The summed E-state index contributed by atoms with van der Waals surface area (Å²) in [5.41, 5.74) is -0.131. The van der Waals surface area contributed by atoms with Crippen LogP contribution in [0.1, 0.15) is 44.9 Å². The van der Waals surface area contributed by atoms with Crippen molar-refractivity contribution in [2.24, 2.45) is 5.92 Å². The summed E-state index contributed by atoms with van der Waals surface area (Å²) in [6.45, 7) is 0.609. The van der Waals surface area contributed by atoms with Gasteiger partial charge in [0, 0.05) is 12.6 Å². The smallest absolute Gasteiger partial charge is 0.265 e. The third-order valence-corrected chi connectivity index (χ3v) is 6.31. The van der Waals surface area contributed by atoms with Crippen LogP contribution in [0.5, 0.6) is 0 Å². The molecule has 1 saturated carbocycles. The molecule has 1 amide bonds. The van der Waals surface area contributed by atoms with Crippen molar-refractivity contribution in [1.82, 2.24) is 4.90 Å². The lowest BCUT2D eigenvalue weighted by Gasteiger charge is -2.56. The number of hydrogen-bond donors (Lipinski definition) is 0. The summed E-state index contributed by atoms with van der Waals surface area (Å²) in [4.78, 5) is 15.0. The van der Waals surface area contributed by atoms with Crippen LogP contribution in [0.25, 0.3) is 0 Å². The Morgan fingerprint density at radius 2 is 1.96 bits per heavy atom. The summed E-state index contributed by atoms with van der Waals surface area (Å²) in [6, 6.07) is -0.0343. The number of carbonyl (C=O) groups excluding carboxylic acids is 1. The molecule has 24 heavy (non-hydrogen) atoms. The molecule has 0 bridgehead atoms. The monoisotopic (exact) mass is 361 g/mol. The molecule has 1 spiro atoms. The Bertz CT molecular complexity index is 579. The molecule has 138 valence electrons. The van der Waals surface area contributed by atoms with E-state index in [-0.39, 0.29) is 24.3 Å². The Kier molecular flexibility index (Phi) is 5.20. The van der Waals surface area contributed by atoms with E-state index in [9.17, 15) is 13.2 Å². The SMILES string of the molecule is COCOC[C@H]1CCC[C@@]23CCC[C@@H]2C[C@@H](OS(C)(=O)=O)C(=O)N13. The standard InChI is InChI=1S/C16H27NO6S/c1-21-11-22-10-13-6-4-8-16-7-3-5-12(16)9-14(15(18)17(13)16)23-24(2,19)20/h12-14H,3-11H2,1-2H3/t12-,13-,14-,16+/m1/s1. The van der Waals surface area contributed by atoms with Crippen LogP contribution in [0, 0.1) is 5.92 Å². The van der Waals surface area contributed by atoms with Crippen molar-refractivity contribution in [2.45, 2.75) is 62.6 Å². The molecular weight excluding hydrogens is 334 g/mol. The van der Waals surface area contributed by atoms with Gasteiger partial charge in [-0.2, -0.15) is 8.42 Å². The van der Waals surface area contributed by atoms with E-state index in [2.05, 4.69) is 0 Å². The van der Waals surface area contributed by atoms with Gasteiger partial charge in [0.15, 0.2) is 6.10 Å². The number of rotatable bonds is 6. The number of piperidine rings is 2. The summed E-state index contributed by atoms with van der Waals surface area (Å²) in [5, 5.41) is 0. The van der Waals surface area contributed by atoms with Gasteiger partial charge in [-0.25, -0.2) is 0 Å². The number of hydrogen-bond acceptors (Lipinski definition) is 6. The Morgan fingerprint density at radius 3 is 2.62 bits per heavy atom. The third kappa shape index (κ3) is 3.34. The summed E-state index contributed by atoms with van der Waals surface area (Å²) in [6.07, 6.45) is 6.66. The molecule has 2 heterocycles. The van der Waals surface area contributed by atoms with Crippen LogP contribution in [-0.4, -0.2) is 63.7 Å². The fourth-order valence-electron chi connectivity index (χ4n) is 5.00. The molecule has 0 N–H and O–H groups in total. The lowest BCUT2D eigenvalue weighted by atomic mass is 9.71. The van der Waals surface area contributed by atoms with E-state index in [1.54, 1.807) is 7.11 Å². The second-order valence-corrected chi connectivity index (χ2v) is 8.85. The molecule has 0 unspecified atom stereocenters. The summed E-state index contributed by atoms with van der Waals surface area (Å²) >= 11 is 0. The van der Waals surface area contributed by atoms with Crippen LogP contribution in [0.4, 0.5) is 0 Å². The minimum Gasteiger partial charge on any atom is -0.359 e. The van der Waals surface area contributed by atoms with Gasteiger partial charge < -0.3 is 14.4 Å². The molecule has 0 aromatic rings. The second-order valence-electron chi connectivity index (χ2n) is 7.25. The Labute approximate surface area is 143 Å². The van der Waals surface area contributed by atoms with E-state index in [0.717, 1.165) is 44.8 Å². The fraction of sp³-hybridized carbons (Fsp3) is 0.938. The van der Waals surface area contributed by atoms with Gasteiger partial charge in [-0.15, -0.1) is 0 Å². The zero-order valence-electron chi connectivity index (χ0n) is 14.4. The highest BCUT2D eigenvalue weighted by Gasteiger charge is 2.58. The van der Waals surface area contributed by atoms with E-state index in [1.807, 2.05) is 4.90 Å². The Hall–Kier alpha value is -0.700. The maximum absolute atomic E-state index is 13.1. The molecule has 3 fully saturated rings. The lowest BCUT2D eigenvalue weighted by molar-refractivity contribution is -0.171. The van der Waals surface area contributed by atoms with Crippen LogP contribution >= 0.6 is 0 Å². The van der Waals surface area contributed by atoms with Gasteiger partial charge in [0.2, 0.25) is 0 Å². The average molecular weight is 361 g/mol. The van der Waals surface area contributed by atoms with Crippen LogP contribution in [0.2, 0.25) is 0 Å². The van der Waals surface area contributed by atoms with E-state index >= 15 is 0 Å². The molecule has 2 saturated heterocycles. The topological polar surface area (TPSA) is 82.1 Å². The first-order valence-corrected chi connectivity index (χ1v) is 10.5. The van der Waals surface area contributed by atoms with Gasteiger partial charge >= 0.3 is 0 Å². The average Bonchev–Trinajstić information content (AvgIpc) is 2.89. The van der Waals surface area contributed by atoms with Gasteiger partial charge in [-0.05, 0) is 44.4 Å². The van der Waals surface area contributed by atoms with Gasteiger partial charge in [0.25, 0.3) is 16.0 Å². The first-order valence-electron chi connectivity index (χ1n) is 8.65. The van der Waals surface area contributed by atoms with Gasteiger partial charge in [0.1, 0.15) is 6.79 Å². The largest absolute Gasteiger partial charge is 0.359 e. The Morgan fingerprint density at radius 1 is 1.25 bits per heavy atom. The third-order valence-electron chi connectivity index (χ3n) is 5.73. The van der Waals surface area contributed by atoms with Crippen LogP contribution in [0.15, 0.2) is 0 Å². The van der Waals surface area contributed by atoms with Crippen LogP contribution in [-0.2, 0) is 28.6 Å². The van der Waals surface area contributed by atoms with E-state index in [1.165, 1.54) is 0 Å². The van der Waals surface area contributed by atoms with Crippen molar-refractivity contribution < 1.29 is 26.9 Å². The lowest BCUT2D eigenvalue weighted by Crippen LogP contribution is -2.67. The zero-order valence-corrected chi connectivity index (χ0v) is 15.2. The van der Waals surface area contributed by atoms with Crippen molar-refractivity contribution in [3.05, 3.63) is 0 Å². The first kappa shape index (κ1) is 18.1. The molecular formula is C16H27NO6S. The van der Waals surface area contributed by atoms with Gasteiger partial charge in [0.05, 0.1) is 18.9 Å². The molecule has 3 rings (SSSR count). The van der Waals surface area contributed by atoms with Crippen molar-refractivity contribution in [3.8, 4) is 0 Å². The molecule has 8 heteroatoms. The number of ether oxygens (including phenoxy) is 2. The molecule has 7 nitrogen and oxygen atoms in total. The summed E-state index contributed by atoms with van der Waals surface area (Å²) in [5.74, 6) is 0.122. The summed E-state index contributed by atoms with van der Waals surface area (Å²) < 4.78 is 38.7. The predicted octanol–water partition coefficient (Wildman–Crippen LogP) is 1.28. The van der Waals surface area contributed by atoms with Gasteiger partial charge in [-0.1, -0.05) is 6.42 Å². The number of carbonyl (C=O) groups is 1. The van der Waals surface area contributed by atoms with Crippen molar-refractivity contribution >= 4 is 16.0 Å². The fourth-order valence-corrected chi connectivity index (χ4v) is 5.58. The molecule has 0 radical (unpaired) electrons. The van der Waals surface area contributed by atoms with Crippen molar-refractivity contribution in [1.29, 1.82) is 0 Å². The minimum atomic E-state index is -3.66. The molecule has 4 atom stereocenters. The van der Waals surface area contributed by atoms with E-state index in [0.29, 0.717) is 18.9 Å². The normalized spacial score (nSPS) is 36.5. The Balaban J connectivity index is 1.85.